The highest BCUT2D eigenvalue weighted by Gasteiger charge is 2.08. The highest BCUT2D eigenvalue weighted by Crippen LogP contribution is 2.19. The van der Waals surface area contributed by atoms with Crippen molar-refractivity contribution in [2.45, 2.75) is 26.5 Å². The van der Waals surface area contributed by atoms with E-state index in [2.05, 4.69) is 17.0 Å². The number of hydrogen-bond donors (Lipinski definition) is 2. The fourth-order valence-electron chi connectivity index (χ4n) is 1.94. The SMILES string of the molecule is CCOc1ccc(CN(C)CC(O)CN)cc1C. The first-order valence-corrected chi connectivity index (χ1v) is 6.35. The second kappa shape index (κ2) is 7.36. The van der Waals surface area contributed by atoms with Gasteiger partial charge in [-0.1, -0.05) is 12.1 Å². The van der Waals surface area contributed by atoms with Crippen LogP contribution in [-0.4, -0.2) is 42.9 Å². The molecule has 0 aliphatic heterocycles. The van der Waals surface area contributed by atoms with E-state index in [1.165, 1.54) is 5.56 Å². The number of aliphatic hydroxyl groups is 1. The zero-order valence-corrected chi connectivity index (χ0v) is 11.5. The molecule has 0 aromatic heterocycles. The quantitative estimate of drug-likeness (QED) is 0.764. The molecular weight excluding hydrogens is 228 g/mol. The first kappa shape index (κ1) is 15.0. The van der Waals surface area contributed by atoms with Crippen LogP contribution in [0.4, 0.5) is 0 Å². The summed E-state index contributed by atoms with van der Waals surface area (Å²) in [5, 5.41) is 9.49. The summed E-state index contributed by atoms with van der Waals surface area (Å²) in [6, 6.07) is 6.18. The maximum Gasteiger partial charge on any atom is 0.122 e. The lowest BCUT2D eigenvalue weighted by atomic mass is 10.1. The molecule has 1 atom stereocenters. The first-order chi connectivity index (χ1) is 8.56. The van der Waals surface area contributed by atoms with Gasteiger partial charge in [0, 0.05) is 19.6 Å². The standard InChI is InChI=1S/C14H24N2O2/c1-4-18-14-6-5-12(7-11(14)2)9-16(3)10-13(17)8-15/h5-7,13,17H,4,8-10,15H2,1-3H3. The van der Waals surface area contributed by atoms with Crippen molar-refractivity contribution in [3.63, 3.8) is 0 Å². The van der Waals surface area contributed by atoms with Crippen LogP contribution in [-0.2, 0) is 6.54 Å². The number of ether oxygens (including phenoxy) is 1. The van der Waals surface area contributed by atoms with Gasteiger partial charge in [-0.15, -0.1) is 0 Å². The minimum Gasteiger partial charge on any atom is -0.494 e. The zero-order chi connectivity index (χ0) is 13.5. The van der Waals surface area contributed by atoms with Gasteiger partial charge in [-0.2, -0.15) is 0 Å². The first-order valence-electron chi connectivity index (χ1n) is 6.35. The molecule has 3 N–H and O–H groups in total. The predicted octanol–water partition coefficient (Wildman–Crippen LogP) is 1.15. The summed E-state index contributed by atoms with van der Waals surface area (Å²) in [6.07, 6.45) is -0.459. The number of rotatable bonds is 7. The van der Waals surface area contributed by atoms with Crippen LogP contribution in [0.1, 0.15) is 18.1 Å². The Hall–Kier alpha value is -1.10. The van der Waals surface area contributed by atoms with Crippen LogP contribution >= 0.6 is 0 Å². The molecule has 0 spiro atoms. The smallest absolute Gasteiger partial charge is 0.122 e. The van der Waals surface area contributed by atoms with E-state index in [0.29, 0.717) is 19.7 Å². The molecule has 0 saturated heterocycles. The van der Waals surface area contributed by atoms with Gasteiger partial charge in [-0.3, -0.25) is 4.90 Å². The molecular formula is C14H24N2O2. The molecule has 1 aromatic rings. The van der Waals surface area contributed by atoms with Gasteiger partial charge in [0.25, 0.3) is 0 Å². The molecule has 0 fully saturated rings. The molecule has 1 aromatic carbocycles. The number of nitrogens with zero attached hydrogens (tertiary/aromatic N) is 1. The van der Waals surface area contributed by atoms with E-state index >= 15 is 0 Å². The van der Waals surface area contributed by atoms with Crippen LogP contribution in [0.2, 0.25) is 0 Å². The van der Waals surface area contributed by atoms with Gasteiger partial charge < -0.3 is 15.6 Å². The lowest BCUT2D eigenvalue weighted by Gasteiger charge is -2.20. The number of benzene rings is 1. The fraction of sp³-hybridized carbons (Fsp3) is 0.571. The second-order valence-corrected chi connectivity index (χ2v) is 4.62. The van der Waals surface area contributed by atoms with E-state index in [4.69, 9.17) is 10.5 Å². The number of aliphatic hydroxyl groups excluding tert-OH is 1. The molecule has 4 nitrogen and oxygen atoms in total. The molecule has 0 amide bonds. The largest absolute Gasteiger partial charge is 0.494 e. The van der Waals surface area contributed by atoms with Crippen molar-refractivity contribution in [2.24, 2.45) is 5.73 Å². The van der Waals surface area contributed by atoms with Gasteiger partial charge in [-0.25, -0.2) is 0 Å². The average Bonchev–Trinajstić information content (AvgIpc) is 2.32. The van der Waals surface area contributed by atoms with Gasteiger partial charge in [0.05, 0.1) is 12.7 Å². The van der Waals surface area contributed by atoms with Crippen LogP contribution in [0.25, 0.3) is 0 Å². The Labute approximate surface area is 109 Å². The molecule has 0 bridgehead atoms. The van der Waals surface area contributed by atoms with Crippen molar-refractivity contribution in [1.29, 1.82) is 0 Å². The maximum absolute atomic E-state index is 9.49. The van der Waals surface area contributed by atoms with Crippen LogP contribution in [0, 0.1) is 6.92 Å². The van der Waals surface area contributed by atoms with E-state index < -0.39 is 6.10 Å². The molecule has 0 radical (unpaired) electrons. The van der Waals surface area contributed by atoms with Crippen molar-refractivity contribution in [2.75, 3.05) is 26.7 Å². The Morgan fingerprint density at radius 3 is 2.72 bits per heavy atom. The maximum atomic E-state index is 9.49. The third-order valence-corrected chi connectivity index (χ3v) is 2.79. The molecule has 0 saturated carbocycles. The summed E-state index contributed by atoms with van der Waals surface area (Å²) < 4.78 is 5.51. The van der Waals surface area contributed by atoms with E-state index in [-0.39, 0.29) is 0 Å². The number of nitrogens with two attached hydrogens (primary N) is 1. The Balaban J connectivity index is 2.59. The number of hydrogen-bond acceptors (Lipinski definition) is 4. The van der Waals surface area contributed by atoms with Gasteiger partial charge in [-0.05, 0) is 38.1 Å². The lowest BCUT2D eigenvalue weighted by Crippen LogP contribution is -2.33. The molecule has 4 heteroatoms. The zero-order valence-electron chi connectivity index (χ0n) is 11.5. The van der Waals surface area contributed by atoms with Gasteiger partial charge in [0.15, 0.2) is 0 Å². The second-order valence-electron chi connectivity index (χ2n) is 4.62. The van der Waals surface area contributed by atoms with Gasteiger partial charge in [0.2, 0.25) is 0 Å². The molecule has 1 unspecified atom stereocenters. The third-order valence-electron chi connectivity index (χ3n) is 2.79. The van der Waals surface area contributed by atoms with Crippen molar-refractivity contribution < 1.29 is 9.84 Å². The Morgan fingerprint density at radius 1 is 1.44 bits per heavy atom. The third kappa shape index (κ3) is 4.64. The highest BCUT2D eigenvalue weighted by molar-refractivity contribution is 5.36. The van der Waals surface area contributed by atoms with Crippen molar-refractivity contribution >= 4 is 0 Å². The van der Waals surface area contributed by atoms with Gasteiger partial charge in [0.1, 0.15) is 5.75 Å². The molecule has 0 aliphatic rings. The Kier molecular flexibility index (Phi) is 6.12. The average molecular weight is 252 g/mol. The summed E-state index contributed by atoms with van der Waals surface area (Å²) in [7, 11) is 1.98. The minimum absolute atomic E-state index is 0.298. The summed E-state index contributed by atoms with van der Waals surface area (Å²) in [6.45, 7) is 6.39. The molecule has 0 aliphatic carbocycles. The molecule has 18 heavy (non-hydrogen) atoms. The minimum atomic E-state index is -0.459. The van der Waals surface area contributed by atoms with Crippen molar-refractivity contribution in [3.05, 3.63) is 29.3 Å². The molecule has 0 heterocycles. The van der Waals surface area contributed by atoms with Crippen LogP contribution in [0.15, 0.2) is 18.2 Å². The van der Waals surface area contributed by atoms with Crippen LogP contribution in [0.3, 0.4) is 0 Å². The Bertz CT molecular complexity index is 369. The summed E-state index contributed by atoms with van der Waals surface area (Å²) in [5.41, 5.74) is 7.75. The lowest BCUT2D eigenvalue weighted by molar-refractivity contribution is 0.129. The van der Waals surface area contributed by atoms with Crippen LogP contribution < -0.4 is 10.5 Å². The molecule has 102 valence electrons. The summed E-state index contributed by atoms with van der Waals surface area (Å²) in [5.74, 6) is 0.936. The summed E-state index contributed by atoms with van der Waals surface area (Å²) >= 11 is 0. The van der Waals surface area contributed by atoms with E-state index in [9.17, 15) is 5.11 Å². The van der Waals surface area contributed by atoms with Gasteiger partial charge >= 0.3 is 0 Å². The highest BCUT2D eigenvalue weighted by atomic mass is 16.5. The van der Waals surface area contributed by atoms with Crippen molar-refractivity contribution in [3.8, 4) is 5.75 Å². The predicted molar refractivity (Wildman–Crippen MR) is 73.7 cm³/mol. The fourth-order valence-corrected chi connectivity index (χ4v) is 1.94. The van der Waals surface area contributed by atoms with E-state index in [1.54, 1.807) is 0 Å². The van der Waals surface area contributed by atoms with Crippen LogP contribution in [0.5, 0.6) is 5.75 Å². The topological polar surface area (TPSA) is 58.7 Å². The van der Waals surface area contributed by atoms with Crippen molar-refractivity contribution in [1.82, 2.24) is 4.90 Å². The van der Waals surface area contributed by atoms with E-state index in [1.807, 2.05) is 27.0 Å². The van der Waals surface area contributed by atoms with E-state index in [0.717, 1.165) is 17.9 Å². The molecule has 1 rings (SSSR count). The number of likely N-dealkylation sites (N-methyl/N-ethyl adjacent to an activating group) is 1. The Morgan fingerprint density at radius 2 is 2.17 bits per heavy atom. The normalized spacial score (nSPS) is 12.8. The summed E-state index contributed by atoms with van der Waals surface area (Å²) in [4.78, 5) is 2.06. The number of aryl methyl sites for hydroxylation is 1. The monoisotopic (exact) mass is 252 g/mol.